The molecule has 0 radical (unpaired) electrons. The van der Waals surface area contributed by atoms with Crippen molar-refractivity contribution in [3.63, 3.8) is 0 Å². The zero-order valence-electron chi connectivity index (χ0n) is 16.4. The van der Waals surface area contributed by atoms with Gasteiger partial charge in [0.25, 0.3) is 0 Å². The number of piperazine rings is 1. The fraction of sp³-hybridized carbons (Fsp3) is 1.00. The molecule has 2 nitrogen and oxygen atoms in total. The topological polar surface area (TPSA) is 6.48 Å². The van der Waals surface area contributed by atoms with Gasteiger partial charge in [-0.05, 0) is 41.2 Å². The maximum absolute atomic E-state index is 2.65. The van der Waals surface area contributed by atoms with Gasteiger partial charge in [0.1, 0.15) is 0 Å². The summed E-state index contributed by atoms with van der Waals surface area (Å²) in [6.45, 7) is 20.6. The van der Waals surface area contributed by atoms with Crippen molar-refractivity contribution in [3.05, 3.63) is 0 Å². The minimum atomic E-state index is 0.313. The number of unbranched alkanes of at least 4 members (excludes halogenated alkanes) is 2. The van der Waals surface area contributed by atoms with Gasteiger partial charge in [-0.15, -0.1) is 0 Å². The van der Waals surface area contributed by atoms with Gasteiger partial charge >= 0.3 is 0 Å². The lowest BCUT2D eigenvalue weighted by atomic mass is 9.99. The molecule has 1 aliphatic rings. The van der Waals surface area contributed by atoms with E-state index < -0.39 is 0 Å². The number of hydrogen-bond acceptors (Lipinski definition) is 4. The Balaban J connectivity index is 0.00000211. The molecule has 0 N–H and O–H groups in total. The molecule has 0 saturated carbocycles. The van der Waals surface area contributed by atoms with Gasteiger partial charge in [0.2, 0.25) is 0 Å². The third kappa shape index (κ3) is 9.05. The number of likely N-dealkylation sites (N-methyl/N-ethyl adjacent to an activating group) is 1. The van der Waals surface area contributed by atoms with Crippen LogP contribution in [0.2, 0.25) is 0 Å². The molecule has 1 fully saturated rings. The molecule has 0 aliphatic carbocycles. The Bertz CT molecular complexity index is 280. The van der Waals surface area contributed by atoms with Crippen LogP contribution >= 0.6 is 21.6 Å². The maximum Gasteiger partial charge on any atom is 0.0334 e. The van der Waals surface area contributed by atoms with E-state index in [-0.39, 0.29) is 0 Å². The third-order valence-corrected chi connectivity index (χ3v) is 7.48. The Morgan fingerprint density at radius 3 is 2.27 bits per heavy atom. The first-order chi connectivity index (χ1) is 10.3. The van der Waals surface area contributed by atoms with Gasteiger partial charge in [-0.2, -0.15) is 0 Å². The summed E-state index contributed by atoms with van der Waals surface area (Å²) in [7, 11) is 6.40. The molecule has 1 heterocycles. The quantitative estimate of drug-likeness (QED) is 0.428. The molecular formula is C18H40N2S2. The van der Waals surface area contributed by atoms with E-state index in [1.807, 2.05) is 13.8 Å². The SMILES string of the molecule is CC.CCCCCSSC(C)(C)CN1CCN(C)C(C)(C)C1. The van der Waals surface area contributed by atoms with Crippen molar-refractivity contribution in [3.8, 4) is 0 Å². The summed E-state index contributed by atoms with van der Waals surface area (Å²) in [4.78, 5) is 5.14. The fourth-order valence-corrected chi connectivity index (χ4v) is 5.33. The molecule has 0 aromatic heterocycles. The summed E-state index contributed by atoms with van der Waals surface area (Å²) in [6.07, 6.45) is 4.07. The average Bonchev–Trinajstić information content (AvgIpc) is 2.44. The van der Waals surface area contributed by atoms with Crippen LogP contribution in [0.1, 0.15) is 67.7 Å². The summed E-state index contributed by atoms with van der Waals surface area (Å²) in [5.41, 5.74) is 0.313. The maximum atomic E-state index is 2.65. The molecule has 0 aromatic carbocycles. The lowest BCUT2D eigenvalue weighted by Gasteiger charge is -2.47. The average molecular weight is 349 g/mol. The Morgan fingerprint density at radius 1 is 1.09 bits per heavy atom. The van der Waals surface area contributed by atoms with Gasteiger partial charge < -0.3 is 0 Å². The second kappa shape index (κ2) is 11.2. The van der Waals surface area contributed by atoms with E-state index in [0.717, 1.165) is 0 Å². The number of nitrogens with zero attached hydrogens (tertiary/aromatic N) is 2. The van der Waals surface area contributed by atoms with Crippen molar-refractivity contribution in [2.75, 3.05) is 39.0 Å². The zero-order chi connectivity index (χ0) is 17.2. The molecule has 0 bridgehead atoms. The van der Waals surface area contributed by atoms with E-state index >= 15 is 0 Å². The molecule has 0 atom stereocenters. The lowest BCUT2D eigenvalue weighted by molar-refractivity contribution is 0.0369. The fourth-order valence-electron chi connectivity index (χ4n) is 2.65. The van der Waals surface area contributed by atoms with Crippen LogP contribution in [0.15, 0.2) is 0 Å². The van der Waals surface area contributed by atoms with Crippen LogP contribution in [0.5, 0.6) is 0 Å². The first-order valence-electron chi connectivity index (χ1n) is 9.01. The van der Waals surface area contributed by atoms with E-state index in [4.69, 9.17) is 0 Å². The molecule has 1 saturated heterocycles. The highest BCUT2D eigenvalue weighted by atomic mass is 33.1. The van der Waals surface area contributed by atoms with E-state index in [9.17, 15) is 0 Å². The second-order valence-electron chi connectivity index (χ2n) is 7.32. The second-order valence-corrected chi connectivity index (χ2v) is 10.4. The predicted octanol–water partition coefficient (Wildman–Crippen LogP) is 5.39. The van der Waals surface area contributed by atoms with Crippen LogP contribution in [0.3, 0.4) is 0 Å². The smallest absolute Gasteiger partial charge is 0.0334 e. The van der Waals surface area contributed by atoms with E-state index in [1.54, 1.807) is 0 Å². The van der Waals surface area contributed by atoms with Gasteiger partial charge in [-0.3, -0.25) is 9.80 Å². The monoisotopic (exact) mass is 348 g/mol. The summed E-state index contributed by atoms with van der Waals surface area (Å²) in [6, 6.07) is 0. The van der Waals surface area contributed by atoms with Crippen molar-refractivity contribution in [2.45, 2.75) is 78.0 Å². The molecule has 1 rings (SSSR count). The lowest BCUT2D eigenvalue weighted by Crippen LogP contribution is -2.59. The Kier molecular flexibility index (Phi) is 11.5. The highest BCUT2D eigenvalue weighted by Gasteiger charge is 2.33. The Labute approximate surface area is 148 Å². The largest absolute Gasteiger partial charge is 0.299 e. The van der Waals surface area contributed by atoms with Gasteiger partial charge in [0, 0.05) is 42.2 Å². The molecule has 0 amide bonds. The number of rotatable bonds is 8. The van der Waals surface area contributed by atoms with Crippen molar-refractivity contribution >= 4 is 21.6 Å². The molecule has 1 aliphatic heterocycles. The highest BCUT2D eigenvalue weighted by molar-refractivity contribution is 8.77. The first kappa shape index (κ1) is 22.6. The first-order valence-corrected chi connectivity index (χ1v) is 11.3. The van der Waals surface area contributed by atoms with Gasteiger partial charge in [0.05, 0.1) is 0 Å². The van der Waals surface area contributed by atoms with Crippen LogP contribution in [0, 0.1) is 0 Å². The van der Waals surface area contributed by atoms with Crippen molar-refractivity contribution in [2.24, 2.45) is 0 Å². The molecular weight excluding hydrogens is 308 g/mol. The highest BCUT2D eigenvalue weighted by Crippen LogP contribution is 2.37. The Hall–Kier alpha value is 0.620. The summed E-state index contributed by atoms with van der Waals surface area (Å²) < 4.78 is 0.350. The van der Waals surface area contributed by atoms with E-state index in [0.29, 0.717) is 10.3 Å². The standard InChI is InChI=1S/C16H34N2S2.C2H6/c1-7-8-9-12-19-20-16(4,5)14-18-11-10-17(6)15(2,3)13-18;1-2/h7-14H2,1-6H3;1-2H3. The molecule has 0 aromatic rings. The van der Waals surface area contributed by atoms with Gasteiger partial charge in [-0.25, -0.2) is 0 Å². The van der Waals surface area contributed by atoms with Gasteiger partial charge in [0.15, 0.2) is 0 Å². The molecule has 22 heavy (non-hydrogen) atoms. The summed E-state index contributed by atoms with van der Waals surface area (Å²) in [5.74, 6) is 1.30. The summed E-state index contributed by atoms with van der Waals surface area (Å²) in [5, 5.41) is 0. The minimum absolute atomic E-state index is 0.313. The van der Waals surface area contributed by atoms with Crippen molar-refractivity contribution in [1.82, 2.24) is 9.80 Å². The molecule has 0 spiro atoms. The molecule has 4 heteroatoms. The van der Waals surface area contributed by atoms with Crippen LogP contribution in [0.4, 0.5) is 0 Å². The van der Waals surface area contributed by atoms with E-state index in [1.165, 1.54) is 51.2 Å². The zero-order valence-corrected chi connectivity index (χ0v) is 18.0. The van der Waals surface area contributed by atoms with Crippen LogP contribution in [-0.2, 0) is 0 Å². The van der Waals surface area contributed by atoms with Crippen molar-refractivity contribution in [1.29, 1.82) is 0 Å². The van der Waals surface area contributed by atoms with E-state index in [2.05, 4.69) is 73.1 Å². The van der Waals surface area contributed by atoms with Crippen molar-refractivity contribution < 1.29 is 0 Å². The number of hydrogen-bond donors (Lipinski definition) is 0. The van der Waals surface area contributed by atoms with Crippen LogP contribution in [0.25, 0.3) is 0 Å². The predicted molar refractivity (Wildman–Crippen MR) is 108 cm³/mol. The minimum Gasteiger partial charge on any atom is -0.299 e. The molecule has 134 valence electrons. The third-order valence-electron chi connectivity index (χ3n) is 4.12. The Morgan fingerprint density at radius 2 is 1.73 bits per heavy atom. The summed E-state index contributed by atoms with van der Waals surface area (Å²) >= 11 is 0. The normalized spacial score (nSPS) is 19.6. The van der Waals surface area contributed by atoms with Crippen LogP contribution < -0.4 is 0 Å². The molecule has 0 unspecified atom stereocenters. The van der Waals surface area contributed by atoms with Gasteiger partial charge in [-0.1, -0.05) is 55.2 Å². The van der Waals surface area contributed by atoms with Crippen LogP contribution in [-0.4, -0.2) is 59.1 Å².